The van der Waals surface area contributed by atoms with Gasteiger partial charge in [0, 0.05) is 12.0 Å². The van der Waals surface area contributed by atoms with E-state index in [9.17, 15) is 9.59 Å². The average molecular weight is 223 g/mol. The zero-order chi connectivity index (χ0) is 11.1. The Hall–Kier alpha value is -1.15. The lowest BCUT2D eigenvalue weighted by Crippen LogP contribution is -2.35. The molecule has 0 spiro atoms. The molecule has 0 saturated heterocycles. The van der Waals surface area contributed by atoms with Crippen molar-refractivity contribution in [2.24, 2.45) is 0 Å². The van der Waals surface area contributed by atoms with E-state index in [1.807, 2.05) is 12.1 Å². The van der Waals surface area contributed by atoms with Crippen molar-refractivity contribution in [3.63, 3.8) is 0 Å². The number of Topliss-reactive ketones (excluding diaryl/α,β-unsaturated/α-hetero) is 1. The maximum absolute atomic E-state index is 11.6. The normalized spacial score (nSPS) is 24.8. The minimum absolute atomic E-state index is 0.0981. The van der Waals surface area contributed by atoms with Gasteiger partial charge in [-0.3, -0.25) is 9.59 Å². The van der Waals surface area contributed by atoms with Crippen molar-refractivity contribution in [2.75, 3.05) is 0 Å². The second-order valence-electron chi connectivity index (χ2n) is 4.07. The fourth-order valence-electron chi connectivity index (χ4n) is 2.04. The second-order valence-corrected chi connectivity index (χ2v) is 4.42. The van der Waals surface area contributed by atoms with Crippen LogP contribution in [0.1, 0.15) is 35.7 Å². The first-order valence-electron chi connectivity index (χ1n) is 4.88. The van der Waals surface area contributed by atoms with Gasteiger partial charge in [0.2, 0.25) is 5.24 Å². The lowest BCUT2D eigenvalue weighted by atomic mass is 9.72. The molecule has 0 amide bonds. The summed E-state index contributed by atoms with van der Waals surface area (Å²) in [5.74, 6) is 0.0981. The fraction of sp³-hybridized carbons (Fsp3) is 0.333. The summed E-state index contributed by atoms with van der Waals surface area (Å²) in [4.78, 5) is 23.1. The van der Waals surface area contributed by atoms with Crippen molar-refractivity contribution in [3.05, 3.63) is 35.4 Å². The zero-order valence-corrected chi connectivity index (χ0v) is 9.17. The molecule has 1 atom stereocenters. The first-order chi connectivity index (χ1) is 7.05. The highest BCUT2D eigenvalue weighted by atomic mass is 35.5. The van der Waals surface area contributed by atoms with Gasteiger partial charge >= 0.3 is 0 Å². The molecule has 78 valence electrons. The smallest absolute Gasteiger partial charge is 0.231 e. The lowest BCUT2D eigenvalue weighted by molar-refractivity contribution is -0.116. The summed E-state index contributed by atoms with van der Waals surface area (Å²) in [6.07, 6.45) is 0.900. The van der Waals surface area contributed by atoms with Crippen LogP contribution in [0.3, 0.4) is 0 Å². The highest BCUT2D eigenvalue weighted by molar-refractivity contribution is 6.65. The Kier molecular flexibility index (Phi) is 2.39. The molecule has 1 aromatic carbocycles. The number of rotatable bonds is 1. The van der Waals surface area contributed by atoms with Crippen molar-refractivity contribution in [1.29, 1.82) is 0 Å². The summed E-state index contributed by atoms with van der Waals surface area (Å²) >= 11 is 5.62. The molecule has 0 heterocycles. The summed E-state index contributed by atoms with van der Waals surface area (Å²) < 4.78 is 0. The Bertz CT molecular complexity index is 439. The number of ketones is 1. The third kappa shape index (κ3) is 1.49. The highest BCUT2D eigenvalue weighted by Gasteiger charge is 2.40. The van der Waals surface area contributed by atoms with E-state index < -0.39 is 5.41 Å². The van der Waals surface area contributed by atoms with E-state index in [1.54, 1.807) is 19.1 Å². The number of halogens is 1. The van der Waals surface area contributed by atoms with Crippen LogP contribution < -0.4 is 0 Å². The fourth-order valence-corrected chi connectivity index (χ4v) is 2.24. The number of carbonyl (C=O) groups excluding carboxylic acids is 2. The highest BCUT2D eigenvalue weighted by Crippen LogP contribution is 2.38. The van der Waals surface area contributed by atoms with Crippen LogP contribution in [0.2, 0.25) is 0 Å². The Labute approximate surface area is 93.2 Å². The number of fused-ring (bicyclic) bond motifs is 1. The molecule has 0 aromatic heterocycles. The van der Waals surface area contributed by atoms with Gasteiger partial charge in [-0.2, -0.15) is 0 Å². The van der Waals surface area contributed by atoms with Crippen LogP contribution >= 0.6 is 11.6 Å². The third-order valence-electron chi connectivity index (χ3n) is 3.11. The van der Waals surface area contributed by atoms with Gasteiger partial charge in [0.25, 0.3) is 0 Å². The van der Waals surface area contributed by atoms with Crippen molar-refractivity contribution in [1.82, 2.24) is 0 Å². The molecule has 1 unspecified atom stereocenters. The van der Waals surface area contributed by atoms with E-state index in [1.165, 1.54) is 0 Å². The van der Waals surface area contributed by atoms with Crippen molar-refractivity contribution >= 4 is 22.6 Å². The molecule has 0 aliphatic heterocycles. The maximum atomic E-state index is 11.6. The molecule has 1 aliphatic rings. The molecule has 0 bridgehead atoms. The molecule has 3 heteroatoms. The predicted octanol–water partition coefficient (Wildman–Crippen LogP) is 2.69. The number of hydrogen-bond acceptors (Lipinski definition) is 2. The Morgan fingerprint density at radius 1 is 1.40 bits per heavy atom. The number of hydrogen-bond donors (Lipinski definition) is 0. The van der Waals surface area contributed by atoms with Crippen LogP contribution in [0.4, 0.5) is 0 Å². The third-order valence-corrected chi connectivity index (χ3v) is 3.52. The first-order valence-corrected chi connectivity index (χ1v) is 5.26. The van der Waals surface area contributed by atoms with Crippen LogP contribution in [0.15, 0.2) is 24.3 Å². The van der Waals surface area contributed by atoms with Crippen LogP contribution in [0.5, 0.6) is 0 Å². The van der Waals surface area contributed by atoms with Gasteiger partial charge in [-0.05, 0) is 30.5 Å². The molecular weight excluding hydrogens is 212 g/mol. The molecule has 1 aromatic rings. The van der Waals surface area contributed by atoms with Gasteiger partial charge in [-0.25, -0.2) is 0 Å². The number of carbonyl (C=O) groups is 2. The quantitative estimate of drug-likeness (QED) is 0.685. The predicted molar refractivity (Wildman–Crippen MR) is 58.2 cm³/mol. The topological polar surface area (TPSA) is 34.1 Å². The van der Waals surface area contributed by atoms with E-state index in [2.05, 4.69) is 0 Å². The van der Waals surface area contributed by atoms with Gasteiger partial charge in [0.15, 0.2) is 5.78 Å². The summed E-state index contributed by atoms with van der Waals surface area (Å²) in [5, 5.41) is -0.387. The number of benzene rings is 1. The van der Waals surface area contributed by atoms with E-state index in [0.29, 0.717) is 18.4 Å². The minimum atomic E-state index is -0.702. The molecule has 2 rings (SSSR count). The molecule has 15 heavy (non-hydrogen) atoms. The Balaban J connectivity index is 2.63. The molecule has 0 radical (unpaired) electrons. The maximum Gasteiger partial charge on any atom is 0.231 e. The van der Waals surface area contributed by atoms with Crippen LogP contribution in [0, 0.1) is 0 Å². The van der Waals surface area contributed by atoms with E-state index in [-0.39, 0.29) is 11.0 Å². The molecule has 2 nitrogen and oxygen atoms in total. The lowest BCUT2D eigenvalue weighted by Gasteiger charge is -2.31. The second kappa shape index (κ2) is 3.46. The molecule has 0 fully saturated rings. The summed E-state index contributed by atoms with van der Waals surface area (Å²) in [7, 11) is 0. The van der Waals surface area contributed by atoms with Crippen LogP contribution in [-0.2, 0) is 10.2 Å². The molecular formula is C12H11ClO2. The van der Waals surface area contributed by atoms with Crippen molar-refractivity contribution in [3.8, 4) is 0 Å². The Morgan fingerprint density at radius 2 is 2.07 bits per heavy atom. The standard InChI is InChI=1S/C12H11ClO2/c1-12(11(13)15)7-6-10(14)8-4-2-3-5-9(8)12/h2-5H,6-7H2,1H3. The van der Waals surface area contributed by atoms with E-state index in [4.69, 9.17) is 11.6 Å². The molecule has 0 saturated carbocycles. The van der Waals surface area contributed by atoms with E-state index >= 15 is 0 Å². The monoisotopic (exact) mass is 222 g/mol. The first kappa shape index (κ1) is 10.4. The minimum Gasteiger partial charge on any atom is -0.294 e. The van der Waals surface area contributed by atoms with Gasteiger partial charge in [0.1, 0.15) is 0 Å². The summed E-state index contributed by atoms with van der Waals surface area (Å²) in [6, 6.07) is 7.21. The zero-order valence-electron chi connectivity index (χ0n) is 8.42. The van der Waals surface area contributed by atoms with Crippen LogP contribution in [-0.4, -0.2) is 11.0 Å². The van der Waals surface area contributed by atoms with Gasteiger partial charge in [-0.15, -0.1) is 0 Å². The Morgan fingerprint density at radius 3 is 2.73 bits per heavy atom. The van der Waals surface area contributed by atoms with Gasteiger partial charge in [-0.1, -0.05) is 24.3 Å². The van der Waals surface area contributed by atoms with Gasteiger partial charge in [0.05, 0.1) is 5.41 Å². The van der Waals surface area contributed by atoms with Crippen molar-refractivity contribution < 1.29 is 9.59 Å². The summed E-state index contributed by atoms with van der Waals surface area (Å²) in [5.41, 5.74) is 0.702. The molecule has 1 aliphatic carbocycles. The van der Waals surface area contributed by atoms with E-state index in [0.717, 1.165) is 5.56 Å². The van der Waals surface area contributed by atoms with Crippen molar-refractivity contribution in [2.45, 2.75) is 25.2 Å². The largest absolute Gasteiger partial charge is 0.294 e. The van der Waals surface area contributed by atoms with Crippen LogP contribution in [0.25, 0.3) is 0 Å². The molecule has 0 N–H and O–H groups in total. The van der Waals surface area contributed by atoms with Gasteiger partial charge < -0.3 is 0 Å². The summed E-state index contributed by atoms with van der Waals surface area (Å²) in [6.45, 7) is 1.80. The average Bonchev–Trinajstić information content (AvgIpc) is 2.24. The SMILES string of the molecule is CC1(C(=O)Cl)CCC(=O)c2ccccc21.